The van der Waals surface area contributed by atoms with Crippen molar-refractivity contribution in [3.8, 4) is 6.07 Å². The lowest BCUT2D eigenvalue weighted by Gasteiger charge is -2.12. The molecule has 2 rings (SSSR count). The van der Waals surface area contributed by atoms with Gasteiger partial charge in [0.15, 0.2) is 0 Å². The first-order chi connectivity index (χ1) is 11.5. The smallest absolute Gasteiger partial charge is 0.255 e. The van der Waals surface area contributed by atoms with E-state index in [0.29, 0.717) is 22.4 Å². The van der Waals surface area contributed by atoms with Crippen LogP contribution in [0.25, 0.3) is 0 Å². The molecule has 0 heterocycles. The van der Waals surface area contributed by atoms with Gasteiger partial charge in [0.2, 0.25) is 0 Å². The van der Waals surface area contributed by atoms with Gasteiger partial charge in [-0.2, -0.15) is 5.26 Å². The van der Waals surface area contributed by atoms with Gasteiger partial charge in [0, 0.05) is 17.2 Å². The molecular weight excluding hydrogens is 302 g/mol. The van der Waals surface area contributed by atoms with E-state index in [-0.39, 0.29) is 17.9 Å². The predicted molar refractivity (Wildman–Crippen MR) is 92.8 cm³/mol. The molecule has 0 aromatic heterocycles. The zero-order chi connectivity index (χ0) is 17.5. The van der Waals surface area contributed by atoms with Crippen molar-refractivity contribution in [2.45, 2.75) is 26.3 Å². The third kappa shape index (κ3) is 4.20. The highest BCUT2D eigenvalue weighted by atomic mass is 16.2. The maximum atomic E-state index is 12.4. The highest BCUT2D eigenvalue weighted by Crippen LogP contribution is 2.15. The predicted octanol–water partition coefficient (Wildman–Crippen LogP) is 3.34. The minimum atomic E-state index is -0.365. The van der Waals surface area contributed by atoms with Crippen LogP contribution in [0, 0.1) is 11.3 Å². The Bertz CT molecular complexity index is 793. The Morgan fingerprint density at radius 3 is 2.42 bits per heavy atom. The number of rotatable bonds is 5. The first-order valence-corrected chi connectivity index (χ1v) is 7.76. The van der Waals surface area contributed by atoms with Crippen LogP contribution in [0.2, 0.25) is 0 Å². The van der Waals surface area contributed by atoms with Crippen LogP contribution in [0.1, 0.15) is 46.5 Å². The molecule has 0 aliphatic rings. The number of para-hydroxylation sites is 1. The molecule has 2 aromatic carbocycles. The van der Waals surface area contributed by atoms with E-state index < -0.39 is 0 Å². The van der Waals surface area contributed by atoms with Crippen molar-refractivity contribution in [3.05, 3.63) is 65.2 Å². The van der Waals surface area contributed by atoms with Gasteiger partial charge in [-0.25, -0.2) is 0 Å². The number of anilines is 1. The van der Waals surface area contributed by atoms with Gasteiger partial charge in [0.25, 0.3) is 11.8 Å². The summed E-state index contributed by atoms with van der Waals surface area (Å²) in [6.07, 6.45) is 0.830. The van der Waals surface area contributed by atoms with Gasteiger partial charge in [0.1, 0.15) is 6.07 Å². The Hall–Kier alpha value is -3.13. The van der Waals surface area contributed by atoms with Crippen molar-refractivity contribution in [1.82, 2.24) is 5.32 Å². The van der Waals surface area contributed by atoms with E-state index in [9.17, 15) is 9.59 Å². The summed E-state index contributed by atoms with van der Waals surface area (Å²) in [5.41, 5.74) is 1.62. The standard InChI is InChI=1S/C19H19N3O2/c1-3-13(2)21-18(23)14-8-6-9-15(11-14)19(24)22-17-10-5-4-7-16(17)12-20/h4-11,13H,3H2,1-2H3,(H,21,23)(H,22,24). The van der Waals surface area contributed by atoms with Crippen molar-refractivity contribution in [2.75, 3.05) is 5.32 Å². The van der Waals surface area contributed by atoms with E-state index >= 15 is 0 Å². The molecule has 5 heteroatoms. The van der Waals surface area contributed by atoms with Gasteiger partial charge >= 0.3 is 0 Å². The van der Waals surface area contributed by atoms with Crippen molar-refractivity contribution in [2.24, 2.45) is 0 Å². The molecule has 1 atom stereocenters. The molecule has 2 N–H and O–H groups in total. The molecule has 0 spiro atoms. The molecular formula is C19H19N3O2. The van der Waals surface area contributed by atoms with E-state index in [0.717, 1.165) is 6.42 Å². The molecule has 0 aliphatic carbocycles. The van der Waals surface area contributed by atoms with Crippen LogP contribution < -0.4 is 10.6 Å². The fourth-order valence-corrected chi connectivity index (χ4v) is 2.09. The maximum absolute atomic E-state index is 12.4. The second-order valence-electron chi connectivity index (χ2n) is 5.48. The van der Waals surface area contributed by atoms with Gasteiger partial charge in [0.05, 0.1) is 11.3 Å². The Morgan fingerprint density at radius 2 is 1.75 bits per heavy atom. The number of nitrogens with zero attached hydrogens (tertiary/aromatic N) is 1. The molecule has 1 unspecified atom stereocenters. The highest BCUT2D eigenvalue weighted by Gasteiger charge is 2.13. The first kappa shape index (κ1) is 17.2. The largest absolute Gasteiger partial charge is 0.350 e. The number of amides is 2. The van der Waals surface area contributed by atoms with E-state index in [1.165, 1.54) is 0 Å². The highest BCUT2D eigenvalue weighted by molar-refractivity contribution is 6.06. The second kappa shape index (κ2) is 7.93. The number of hydrogen-bond donors (Lipinski definition) is 2. The lowest BCUT2D eigenvalue weighted by atomic mass is 10.1. The number of nitrogens with one attached hydrogen (secondary N) is 2. The summed E-state index contributed by atoms with van der Waals surface area (Å²) < 4.78 is 0. The molecule has 2 aromatic rings. The van der Waals surface area contributed by atoms with Crippen molar-refractivity contribution in [3.63, 3.8) is 0 Å². The van der Waals surface area contributed by atoms with E-state index in [4.69, 9.17) is 5.26 Å². The monoisotopic (exact) mass is 321 g/mol. The first-order valence-electron chi connectivity index (χ1n) is 7.76. The zero-order valence-electron chi connectivity index (χ0n) is 13.7. The Balaban J connectivity index is 2.17. The Kier molecular flexibility index (Phi) is 5.69. The van der Waals surface area contributed by atoms with Gasteiger partial charge in [-0.3, -0.25) is 9.59 Å². The van der Waals surface area contributed by atoms with Crippen molar-refractivity contribution >= 4 is 17.5 Å². The fourth-order valence-electron chi connectivity index (χ4n) is 2.09. The minimum Gasteiger partial charge on any atom is -0.350 e. The third-order valence-electron chi connectivity index (χ3n) is 3.67. The number of hydrogen-bond acceptors (Lipinski definition) is 3. The molecule has 0 bridgehead atoms. The summed E-state index contributed by atoms with van der Waals surface area (Å²) in [6.45, 7) is 3.91. The van der Waals surface area contributed by atoms with Crippen LogP contribution in [0.5, 0.6) is 0 Å². The van der Waals surface area contributed by atoms with E-state index in [1.54, 1.807) is 48.5 Å². The quantitative estimate of drug-likeness (QED) is 0.886. The molecule has 2 amide bonds. The normalized spacial score (nSPS) is 11.2. The van der Waals surface area contributed by atoms with Crippen molar-refractivity contribution in [1.29, 1.82) is 5.26 Å². The van der Waals surface area contributed by atoms with E-state index in [1.807, 2.05) is 19.9 Å². The topological polar surface area (TPSA) is 82.0 Å². The van der Waals surface area contributed by atoms with Crippen LogP contribution >= 0.6 is 0 Å². The lowest BCUT2D eigenvalue weighted by Crippen LogP contribution is -2.32. The molecule has 0 aliphatic heterocycles. The summed E-state index contributed by atoms with van der Waals surface area (Å²) in [6, 6.07) is 15.4. The second-order valence-corrected chi connectivity index (χ2v) is 5.48. The Labute approximate surface area is 141 Å². The molecule has 24 heavy (non-hydrogen) atoms. The molecule has 5 nitrogen and oxygen atoms in total. The number of carbonyl (C=O) groups is 2. The number of benzene rings is 2. The summed E-state index contributed by atoms with van der Waals surface area (Å²) in [4.78, 5) is 24.5. The van der Waals surface area contributed by atoms with Crippen LogP contribution in [0.15, 0.2) is 48.5 Å². The summed E-state index contributed by atoms with van der Waals surface area (Å²) in [7, 11) is 0. The summed E-state index contributed by atoms with van der Waals surface area (Å²) in [5, 5.41) is 14.6. The van der Waals surface area contributed by atoms with Crippen LogP contribution in [-0.2, 0) is 0 Å². The molecule has 122 valence electrons. The number of nitriles is 1. The van der Waals surface area contributed by atoms with Crippen molar-refractivity contribution < 1.29 is 9.59 Å². The molecule has 0 saturated heterocycles. The van der Waals surface area contributed by atoms with Crippen LogP contribution in [0.4, 0.5) is 5.69 Å². The SMILES string of the molecule is CCC(C)NC(=O)c1cccc(C(=O)Nc2ccccc2C#N)c1. The minimum absolute atomic E-state index is 0.0671. The molecule has 0 fully saturated rings. The average molecular weight is 321 g/mol. The number of carbonyl (C=O) groups excluding carboxylic acids is 2. The van der Waals surface area contributed by atoms with E-state index in [2.05, 4.69) is 10.6 Å². The third-order valence-corrected chi connectivity index (χ3v) is 3.67. The van der Waals surface area contributed by atoms with Gasteiger partial charge in [-0.15, -0.1) is 0 Å². The molecule has 0 radical (unpaired) electrons. The summed E-state index contributed by atoms with van der Waals surface area (Å²) in [5.74, 6) is -0.577. The zero-order valence-corrected chi connectivity index (χ0v) is 13.7. The lowest BCUT2D eigenvalue weighted by molar-refractivity contribution is 0.0939. The Morgan fingerprint density at radius 1 is 1.08 bits per heavy atom. The van der Waals surface area contributed by atoms with Crippen LogP contribution in [0.3, 0.4) is 0 Å². The van der Waals surface area contributed by atoms with Gasteiger partial charge in [-0.1, -0.05) is 25.1 Å². The fraction of sp³-hybridized carbons (Fsp3) is 0.211. The molecule has 0 saturated carbocycles. The average Bonchev–Trinajstić information content (AvgIpc) is 2.62. The van der Waals surface area contributed by atoms with Crippen LogP contribution in [-0.4, -0.2) is 17.9 Å². The maximum Gasteiger partial charge on any atom is 0.255 e. The van der Waals surface area contributed by atoms with Gasteiger partial charge in [-0.05, 0) is 43.7 Å². The summed E-state index contributed by atoms with van der Waals surface area (Å²) >= 11 is 0. The van der Waals surface area contributed by atoms with Gasteiger partial charge < -0.3 is 10.6 Å².